The molecule has 19 heavy (non-hydrogen) atoms. The van der Waals surface area contributed by atoms with Crippen LogP contribution in [0.15, 0.2) is 23.0 Å². The number of carbonyl (C=O) groups is 1. The summed E-state index contributed by atoms with van der Waals surface area (Å²) in [5, 5.41) is -0.926. The van der Waals surface area contributed by atoms with E-state index in [0.29, 0.717) is 10.9 Å². The van der Waals surface area contributed by atoms with Gasteiger partial charge in [0.25, 0.3) is 5.56 Å². The van der Waals surface area contributed by atoms with Gasteiger partial charge in [0.15, 0.2) is 0 Å². The number of aromatic nitrogens is 2. The zero-order valence-electron chi connectivity index (χ0n) is 9.24. The predicted molar refractivity (Wildman–Crippen MR) is 62.1 cm³/mol. The average Bonchev–Trinajstić information content (AvgIpc) is 2.32. The Balaban J connectivity index is 2.93. The average molecular weight is 291 g/mol. The van der Waals surface area contributed by atoms with Crippen molar-refractivity contribution in [3.8, 4) is 0 Å². The number of hydrogen-bond donors (Lipinski definition) is 0. The third-order valence-corrected chi connectivity index (χ3v) is 2.79. The van der Waals surface area contributed by atoms with Crippen LogP contribution in [-0.2, 0) is 17.5 Å². The molecule has 0 amide bonds. The number of halogens is 4. The Labute approximate surface area is 109 Å². The molecule has 0 radical (unpaired) electrons. The number of fused-ring (bicyclic) bond motifs is 1. The Morgan fingerprint density at radius 2 is 2.05 bits per heavy atom. The topological polar surface area (TPSA) is 52.0 Å². The molecule has 0 fully saturated rings. The van der Waals surface area contributed by atoms with Crippen molar-refractivity contribution >= 4 is 28.8 Å². The summed E-state index contributed by atoms with van der Waals surface area (Å²) in [7, 11) is 0. The van der Waals surface area contributed by atoms with Gasteiger partial charge in [-0.2, -0.15) is 13.2 Å². The molecule has 0 saturated carbocycles. The lowest BCUT2D eigenvalue weighted by Gasteiger charge is -2.11. The van der Waals surface area contributed by atoms with Crippen molar-refractivity contribution in [1.82, 2.24) is 9.55 Å². The lowest BCUT2D eigenvalue weighted by atomic mass is 10.1. The molecule has 0 saturated heterocycles. The van der Waals surface area contributed by atoms with E-state index >= 15 is 0 Å². The number of nitrogens with zero attached hydrogens (tertiary/aromatic N) is 2. The summed E-state index contributed by atoms with van der Waals surface area (Å²) >= 11 is 5.67. The summed E-state index contributed by atoms with van der Waals surface area (Å²) < 4.78 is 39.2. The van der Waals surface area contributed by atoms with E-state index in [-0.39, 0.29) is 10.8 Å². The molecule has 4 nitrogen and oxygen atoms in total. The van der Waals surface area contributed by atoms with Gasteiger partial charge in [-0.25, -0.2) is 4.98 Å². The highest BCUT2D eigenvalue weighted by atomic mass is 35.5. The molecule has 100 valence electrons. The van der Waals surface area contributed by atoms with Crippen molar-refractivity contribution in [2.45, 2.75) is 12.7 Å². The summed E-state index contributed by atoms with van der Waals surface area (Å²) in [5.41, 5.74) is -2.25. The standard InChI is InChI=1S/C11H6ClF3N2O2/c12-10-16-7-3-1-2-6(11(13,14)15)8(7)9(19)17(10)4-5-18/h1-3,5H,4H2. The molecule has 0 bridgehead atoms. The van der Waals surface area contributed by atoms with E-state index in [1.165, 1.54) is 6.07 Å². The molecule has 1 heterocycles. The highest BCUT2D eigenvalue weighted by Gasteiger charge is 2.34. The van der Waals surface area contributed by atoms with Gasteiger partial charge in [0, 0.05) is 0 Å². The molecule has 2 aromatic rings. The van der Waals surface area contributed by atoms with Crippen LogP contribution in [0.2, 0.25) is 5.28 Å². The molecule has 1 aromatic carbocycles. The quantitative estimate of drug-likeness (QED) is 0.630. The Hall–Kier alpha value is -1.89. The second-order valence-corrected chi connectivity index (χ2v) is 4.00. The highest BCUT2D eigenvalue weighted by molar-refractivity contribution is 6.28. The molecule has 0 unspecified atom stereocenters. The fourth-order valence-corrected chi connectivity index (χ4v) is 1.94. The van der Waals surface area contributed by atoms with Gasteiger partial charge in [0.2, 0.25) is 5.28 Å². The lowest BCUT2D eigenvalue weighted by Crippen LogP contribution is -2.25. The molecule has 0 N–H and O–H groups in total. The molecule has 0 aliphatic carbocycles. The molecular formula is C11H6ClF3N2O2. The number of aldehydes is 1. The largest absolute Gasteiger partial charge is 0.417 e. The summed E-state index contributed by atoms with van der Waals surface area (Å²) in [6, 6.07) is 3.17. The van der Waals surface area contributed by atoms with E-state index in [4.69, 9.17) is 11.6 Å². The lowest BCUT2D eigenvalue weighted by molar-refractivity contribution is -0.136. The van der Waals surface area contributed by atoms with Crippen LogP contribution in [-0.4, -0.2) is 15.8 Å². The van der Waals surface area contributed by atoms with Crippen LogP contribution < -0.4 is 5.56 Å². The summed E-state index contributed by atoms with van der Waals surface area (Å²) in [4.78, 5) is 26.1. The van der Waals surface area contributed by atoms with Crippen molar-refractivity contribution < 1.29 is 18.0 Å². The molecule has 0 atom stereocenters. The number of benzene rings is 1. The van der Waals surface area contributed by atoms with Crippen molar-refractivity contribution in [1.29, 1.82) is 0 Å². The van der Waals surface area contributed by atoms with E-state index in [1.807, 2.05) is 0 Å². The first-order valence-corrected chi connectivity index (χ1v) is 5.44. The van der Waals surface area contributed by atoms with Crippen LogP contribution >= 0.6 is 11.6 Å². The van der Waals surface area contributed by atoms with Gasteiger partial charge in [-0.05, 0) is 23.7 Å². The first-order chi connectivity index (χ1) is 8.86. The van der Waals surface area contributed by atoms with E-state index < -0.39 is 29.2 Å². The van der Waals surface area contributed by atoms with Gasteiger partial charge >= 0.3 is 6.18 Å². The van der Waals surface area contributed by atoms with Crippen molar-refractivity contribution in [2.75, 3.05) is 0 Å². The first-order valence-electron chi connectivity index (χ1n) is 5.06. The maximum absolute atomic E-state index is 12.8. The number of rotatable bonds is 2. The first kappa shape index (κ1) is 13.5. The molecule has 0 spiro atoms. The molecule has 1 aromatic heterocycles. The van der Waals surface area contributed by atoms with Gasteiger partial charge < -0.3 is 4.79 Å². The minimum atomic E-state index is -4.69. The Kier molecular flexibility index (Phi) is 3.32. The number of carbonyl (C=O) groups excluding carboxylic acids is 1. The van der Waals surface area contributed by atoms with Crippen LogP contribution in [0.25, 0.3) is 10.9 Å². The van der Waals surface area contributed by atoms with Crippen LogP contribution in [0, 0.1) is 0 Å². The van der Waals surface area contributed by atoms with Crippen molar-refractivity contribution in [3.05, 3.63) is 39.4 Å². The van der Waals surface area contributed by atoms with E-state index in [0.717, 1.165) is 12.1 Å². The Morgan fingerprint density at radius 1 is 1.37 bits per heavy atom. The van der Waals surface area contributed by atoms with Crippen LogP contribution in [0.4, 0.5) is 13.2 Å². The zero-order valence-corrected chi connectivity index (χ0v) is 10.00. The molecule has 0 aliphatic heterocycles. The van der Waals surface area contributed by atoms with E-state index in [9.17, 15) is 22.8 Å². The molecular weight excluding hydrogens is 285 g/mol. The second-order valence-electron chi connectivity index (χ2n) is 3.66. The monoisotopic (exact) mass is 290 g/mol. The molecule has 0 aliphatic rings. The fourth-order valence-electron chi connectivity index (χ4n) is 1.71. The maximum atomic E-state index is 12.8. The van der Waals surface area contributed by atoms with Crippen molar-refractivity contribution in [3.63, 3.8) is 0 Å². The summed E-state index contributed by atoms with van der Waals surface area (Å²) in [6.07, 6.45) is -4.33. The summed E-state index contributed by atoms with van der Waals surface area (Å²) in [5.74, 6) is 0. The Morgan fingerprint density at radius 3 is 2.63 bits per heavy atom. The van der Waals surface area contributed by atoms with Crippen LogP contribution in [0.5, 0.6) is 0 Å². The second kappa shape index (κ2) is 4.65. The minimum Gasteiger partial charge on any atom is -0.301 e. The number of hydrogen-bond acceptors (Lipinski definition) is 3. The third-order valence-electron chi connectivity index (χ3n) is 2.50. The van der Waals surface area contributed by atoms with E-state index in [2.05, 4.69) is 4.98 Å². The minimum absolute atomic E-state index is 0.160. The zero-order chi connectivity index (χ0) is 14.2. The Bertz CT molecular complexity index is 709. The fraction of sp³-hybridized carbons (Fsp3) is 0.182. The molecule has 2 rings (SSSR count). The number of alkyl halides is 3. The van der Waals surface area contributed by atoms with Crippen LogP contribution in [0.3, 0.4) is 0 Å². The van der Waals surface area contributed by atoms with Gasteiger partial charge in [0.1, 0.15) is 6.29 Å². The molecule has 8 heteroatoms. The SMILES string of the molecule is O=CCn1c(Cl)nc2cccc(C(F)(F)F)c2c1=O. The third kappa shape index (κ3) is 2.33. The van der Waals surface area contributed by atoms with Crippen LogP contribution in [0.1, 0.15) is 5.56 Å². The summed E-state index contributed by atoms with van der Waals surface area (Å²) in [6.45, 7) is -0.452. The highest BCUT2D eigenvalue weighted by Crippen LogP contribution is 2.33. The van der Waals surface area contributed by atoms with Crippen molar-refractivity contribution in [2.24, 2.45) is 0 Å². The smallest absolute Gasteiger partial charge is 0.301 e. The van der Waals surface area contributed by atoms with E-state index in [1.54, 1.807) is 0 Å². The van der Waals surface area contributed by atoms with Gasteiger partial charge in [0.05, 0.1) is 23.0 Å². The van der Waals surface area contributed by atoms with Gasteiger partial charge in [-0.1, -0.05) is 6.07 Å². The van der Waals surface area contributed by atoms with Gasteiger partial charge in [-0.3, -0.25) is 9.36 Å². The normalized spacial score (nSPS) is 11.8. The maximum Gasteiger partial charge on any atom is 0.417 e. The predicted octanol–water partition coefficient (Wildman–Crippen LogP) is 2.27. The van der Waals surface area contributed by atoms with Gasteiger partial charge in [-0.15, -0.1) is 0 Å².